The van der Waals surface area contributed by atoms with Gasteiger partial charge in [0.2, 0.25) is 0 Å². The van der Waals surface area contributed by atoms with E-state index in [9.17, 15) is 28.2 Å². The van der Waals surface area contributed by atoms with Gasteiger partial charge in [-0.1, -0.05) is 6.07 Å². The van der Waals surface area contributed by atoms with Crippen molar-refractivity contribution in [2.75, 3.05) is 0 Å². The number of hydrogen-bond donors (Lipinski definition) is 2. The van der Waals surface area contributed by atoms with Crippen LogP contribution in [0.15, 0.2) is 23.1 Å². The number of hydrogen-bond acceptors (Lipinski definition) is 9. The summed E-state index contributed by atoms with van der Waals surface area (Å²) in [5.41, 5.74) is -1.62. The number of carbonyl (C=O) groups is 2. The molecule has 0 aliphatic heterocycles. The second kappa shape index (κ2) is 8.73. The molecule has 22 heavy (non-hydrogen) atoms. The zero-order valence-electron chi connectivity index (χ0n) is 11.9. The first-order valence-electron chi connectivity index (χ1n) is 4.91. The van der Waals surface area contributed by atoms with Gasteiger partial charge in [0.05, 0.1) is 11.9 Å². The van der Waals surface area contributed by atoms with Crippen LogP contribution in [0.2, 0.25) is 0 Å². The van der Waals surface area contributed by atoms with Gasteiger partial charge in [-0.05, 0) is 17.7 Å². The Kier molecular flexibility index (Phi) is 9.62. The largest absolute Gasteiger partial charge is 1.00 e. The van der Waals surface area contributed by atoms with Gasteiger partial charge in [-0.25, -0.2) is 4.18 Å². The van der Waals surface area contributed by atoms with Crippen molar-refractivity contribution in [1.82, 2.24) is 0 Å². The second-order valence-electron chi connectivity index (χ2n) is 3.76. The van der Waals surface area contributed by atoms with Crippen LogP contribution >= 0.6 is 0 Å². The number of aliphatic hydroxyl groups is 2. The molecule has 0 amide bonds. The van der Waals surface area contributed by atoms with Crippen LogP contribution in [0.5, 0.6) is 0 Å². The average Bonchev–Trinajstić information content (AvgIpc) is 2.24. The molecular formula is C10H8Na2O9S. The Bertz CT molecular complexity index is 663. The third-order valence-electron chi connectivity index (χ3n) is 1.97. The average molecular weight is 350 g/mol. The molecule has 0 saturated heterocycles. The zero-order chi connectivity index (χ0) is 15.7. The van der Waals surface area contributed by atoms with Crippen molar-refractivity contribution >= 4 is 22.1 Å². The van der Waals surface area contributed by atoms with Crippen LogP contribution in [0.4, 0.5) is 0 Å². The molecule has 0 aliphatic carbocycles. The fourth-order valence-electron chi connectivity index (χ4n) is 1.29. The molecule has 0 aliphatic rings. The van der Waals surface area contributed by atoms with Gasteiger partial charge in [0.1, 0.15) is 4.90 Å². The molecule has 0 heterocycles. The summed E-state index contributed by atoms with van der Waals surface area (Å²) in [4.78, 5) is 20.4. The smallest absolute Gasteiger partial charge is 0.545 e. The van der Waals surface area contributed by atoms with Crippen LogP contribution in [0, 0.1) is 0 Å². The number of rotatable bonds is 5. The number of aromatic carboxylic acids is 2. The molecule has 1 aromatic carbocycles. The molecule has 0 fully saturated rings. The third-order valence-corrected chi connectivity index (χ3v) is 3.40. The molecule has 2 N–H and O–H groups in total. The van der Waals surface area contributed by atoms with Gasteiger partial charge in [-0.15, -0.1) is 0 Å². The van der Waals surface area contributed by atoms with Crippen molar-refractivity contribution in [3.8, 4) is 0 Å². The van der Waals surface area contributed by atoms with E-state index in [0.717, 1.165) is 6.07 Å². The number of carbonyl (C=O) groups excluding carboxylic acids is 2. The Morgan fingerprint density at radius 1 is 1.14 bits per heavy atom. The van der Waals surface area contributed by atoms with Gasteiger partial charge in [-0.3, -0.25) is 0 Å². The Morgan fingerprint density at radius 3 is 2.00 bits per heavy atom. The molecular weight excluding hydrogens is 342 g/mol. The van der Waals surface area contributed by atoms with Crippen LogP contribution in [0.1, 0.15) is 27.6 Å². The summed E-state index contributed by atoms with van der Waals surface area (Å²) in [6.45, 7) is 0.582. The molecule has 1 rings (SSSR count). The molecule has 110 valence electrons. The van der Waals surface area contributed by atoms with E-state index in [-0.39, 0.29) is 59.1 Å². The van der Waals surface area contributed by atoms with Crippen LogP contribution in [-0.2, 0) is 14.3 Å². The summed E-state index contributed by atoms with van der Waals surface area (Å²) in [5.74, 6) is -6.80. The SMILES string of the molecule is CC(O)(O)OS(=O)(=O)c1ccc(C(=O)[O-])cc1C(=O)[O-].[Na+].[Na+]. The van der Waals surface area contributed by atoms with E-state index in [1.165, 1.54) is 0 Å². The predicted octanol–water partition coefficient (Wildman–Crippen LogP) is -9.21. The summed E-state index contributed by atoms with van der Waals surface area (Å²) < 4.78 is 27.2. The van der Waals surface area contributed by atoms with Crippen molar-refractivity contribution in [1.29, 1.82) is 0 Å². The summed E-state index contributed by atoms with van der Waals surface area (Å²) >= 11 is 0. The zero-order valence-corrected chi connectivity index (χ0v) is 16.7. The van der Waals surface area contributed by atoms with Crippen molar-refractivity contribution in [3.05, 3.63) is 29.3 Å². The van der Waals surface area contributed by atoms with Crippen molar-refractivity contribution < 1.29 is 102 Å². The van der Waals surface area contributed by atoms with Gasteiger partial charge in [0.25, 0.3) is 5.97 Å². The van der Waals surface area contributed by atoms with Gasteiger partial charge in [0, 0.05) is 12.5 Å². The molecule has 12 heteroatoms. The molecule has 1 aromatic rings. The summed E-state index contributed by atoms with van der Waals surface area (Å²) in [6, 6.07) is 1.86. The molecule has 0 spiro atoms. The van der Waals surface area contributed by atoms with E-state index in [1.54, 1.807) is 0 Å². The topological polar surface area (TPSA) is 164 Å². The van der Waals surface area contributed by atoms with Crippen molar-refractivity contribution in [3.63, 3.8) is 0 Å². The molecule has 0 aromatic heterocycles. The minimum atomic E-state index is -4.87. The maximum absolute atomic E-state index is 11.7. The van der Waals surface area contributed by atoms with E-state index in [4.69, 9.17) is 10.2 Å². The monoisotopic (exact) mass is 350 g/mol. The molecule has 0 atom stereocenters. The standard InChI is InChI=1S/C10H10O9S.2Na/c1-10(15,16)19-20(17,18)7-3-2-5(8(11)12)4-6(7)9(13)14;;/h2-4,15-16H,1H3,(H,11,12)(H,13,14);;/q;2*+1/p-2. The Morgan fingerprint density at radius 2 is 1.64 bits per heavy atom. The van der Waals surface area contributed by atoms with E-state index >= 15 is 0 Å². The van der Waals surface area contributed by atoms with Crippen LogP contribution in [-0.4, -0.2) is 36.5 Å². The van der Waals surface area contributed by atoms with Crippen LogP contribution in [0.3, 0.4) is 0 Å². The maximum Gasteiger partial charge on any atom is 1.00 e. The number of carboxylic acids is 2. The first kappa shape index (κ1) is 24.2. The quantitative estimate of drug-likeness (QED) is 0.298. The Balaban J connectivity index is 0. The van der Waals surface area contributed by atoms with Crippen molar-refractivity contribution in [2.45, 2.75) is 17.8 Å². The maximum atomic E-state index is 11.7. The van der Waals surface area contributed by atoms with Gasteiger partial charge >= 0.3 is 69.2 Å². The Hall–Kier alpha value is -0.01000. The number of carboxylic acid groups (broad SMARTS) is 2. The van der Waals surface area contributed by atoms with Crippen molar-refractivity contribution in [2.24, 2.45) is 0 Å². The second-order valence-corrected chi connectivity index (χ2v) is 5.27. The summed E-state index contributed by atoms with van der Waals surface area (Å²) in [7, 11) is -4.87. The van der Waals surface area contributed by atoms with E-state index < -0.39 is 44.1 Å². The minimum absolute atomic E-state index is 0. The minimum Gasteiger partial charge on any atom is -0.545 e. The molecule has 0 saturated carbocycles. The molecule has 9 nitrogen and oxygen atoms in total. The summed E-state index contributed by atoms with van der Waals surface area (Å²) in [5, 5.41) is 39.2. The van der Waals surface area contributed by atoms with Crippen LogP contribution < -0.4 is 69.3 Å². The number of benzene rings is 1. The molecule has 0 radical (unpaired) electrons. The fraction of sp³-hybridized carbons (Fsp3) is 0.200. The van der Waals surface area contributed by atoms with E-state index in [2.05, 4.69) is 4.18 Å². The molecule has 0 bridgehead atoms. The Labute approximate surface area is 169 Å². The van der Waals surface area contributed by atoms with Gasteiger partial charge in [-0.2, -0.15) is 8.42 Å². The normalized spacial score (nSPS) is 11.0. The van der Waals surface area contributed by atoms with Crippen LogP contribution in [0.25, 0.3) is 0 Å². The third kappa shape index (κ3) is 6.62. The first-order valence-corrected chi connectivity index (χ1v) is 6.32. The molecule has 0 unspecified atom stereocenters. The fourth-order valence-corrected chi connectivity index (χ4v) is 2.44. The predicted molar refractivity (Wildman–Crippen MR) is 56.2 cm³/mol. The summed E-state index contributed by atoms with van der Waals surface area (Å²) in [6.07, 6.45) is 0. The van der Waals surface area contributed by atoms with E-state index in [1.807, 2.05) is 0 Å². The van der Waals surface area contributed by atoms with E-state index in [0.29, 0.717) is 19.1 Å². The first-order chi connectivity index (χ1) is 8.94. The van der Waals surface area contributed by atoms with Gasteiger partial charge < -0.3 is 30.0 Å². The van der Waals surface area contributed by atoms with Gasteiger partial charge in [0.15, 0.2) is 0 Å².